The van der Waals surface area contributed by atoms with E-state index in [1.54, 1.807) is 0 Å². The summed E-state index contributed by atoms with van der Waals surface area (Å²) in [6.45, 7) is 0. The van der Waals surface area contributed by atoms with E-state index in [4.69, 9.17) is 5.73 Å². The van der Waals surface area contributed by atoms with Crippen LogP contribution in [0.4, 0.5) is 10.9 Å². The number of benzene rings is 1. The number of rotatable bonds is 6. The van der Waals surface area contributed by atoms with Gasteiger partial charge in [0.2, 0.25) is 5.91 Å². The summed E-state index contributed by atoms with van der Waals surface area (Å²) in [5.74, 6) is 0.296. The van der Waals surface area contributed by atoms with Crippen molar-refractivity contribution in [3.05, 3.63) is 52.9 Å². The number of hydrogen-bond acceptors (Lipinski definition) is 9. The maximum Gasteiger partial charge on any atom is 0.226 e. The zero-order chi connectivity index (χ0) is 21.8. The Morgan fingerprint density at radius 2 is 1.94 bits per heavy atom. The van der Waals surface area contributed by atoms with Crippen LogP contribution in [0.1, 0.15) is 17.5 Å². The number of nitriles is 2. The molecular weight excluding hydrogens is 448 g/mol. The lowest BCUT2D eigenvalue weighted by Crippen LogP contribution is -2.12. The molecule has 0 bridgehead atoms. The number of thiazole rings is 1. The van der Waals surface area contributed by atoms with Crippen LogP contribution < -0.4 is 11.1 Å². The van der Waals surface area contributed by atoms with E-state index >= 15 is 0 Å². The van der Waals surface area contributed by atoms with Gasteiger partial charge in [0.05, 0.1) is 15.8 Å². The van der Waals surface area contributed by atoms with Crippen molar-refractivity contribution in [3.8, 4) is 22.6 Å². The first-order valence-electron chi connectivity index (χ1n) is 9.06. The summed E-state index contributed by atoms with van der Waals surface area (Å²) < 4.78 is 1.00. The number of thioether (sulfide) groups is 1. The number of fused-ring (bicyclic) bond motifs is 1. The first kappa shape index (κ1) is 20.8. The molecule has 31 heavy (non-hydrogen) atoms. The number of thiophene rings is 1. The van der Waals surface area contributed by atoms with Crippen molar-refractivity contribution >= 4 is 61.5 Å². The molecule has 3 aromatic heterocycles. The van der Waals surface area contributed by atoms with Crippen molar-refractivity contribution < 1.29 is 4.79 Å². The van der Waals surface area contributed by atoms with Crippen LogP contribution >= 0.6 is 34.4 Å². The molecule has 0 aliphatic carbocycles. The number of carbonyl (C=O) groups excluding carboxylic acids is 1. The third-order valence-corrected chi connectivity index (χ3v) is 7.11. The Labute approximate surface area is 190 Å². The molecule has 4 rings (SSSR count). The fourth-order valence-electron chi connectivity index (χ4n) is 2.92. The second kappa shape index (κ2) is 9.14. The average Bonchev–Trinajstić information content (AvgIpc) is 3.42. The molecule has 1 aromatic carbocycles. The highest BCUT2D eigenvalue weighted by Crippen LogP contribution is 2.37. The molecule has 10 heteroatoms. The number of nitrogens with two attached hydrogens (primary N) is 1. The molecule has 0 aliphatic rings. The van der Waals surface area contributed by atoms with Gasteiger partial charge in [0.15, 0.2) is 5.13 Å². The molecule has 0 unspecified atom stereocenters. The molecular formula is C21H14N6OS3. The van der Waals surface area contributed by atoms with Gasteiger partial charge in [-0.15, -0.1) is 23.1 Å². The van der Waals surface area contributed by atoms with E-state index in [9.17, 15) is 15.3 Å². The number of anilines is 2. The molecule has 0 atom stereocenters. The lowest BCUT2D eigenvalue weighted by atomic mass is 10.0. The van der Waals surface area contributed by atoms with Crippen molar-refractivity contribution in [2.45, 2.75) is 11.4 Å². The van der Waals surface area contributed by atoms with Crippen molar-refractivity contribution in [1.82, 2.24) is 9.97 Å². The van der Waals surface area contributed by atoms with Gasteiger partial charge in [-0.1, -0.05) is 29.5 Å². The molecule has 152 valence electrons. The Morgan fingerprint density at radius 1 is 1.13 bits per heavy atom. The van der Waals surface area contributed by atoms with Crippen LogP contribution in [0.5, 0.6) is 0 Å². The Bertz CT molecular complexity index is 1320. The lowest BCUT2D eigenvalue weighted by Gasteiger charge is -2.11. The Kier molecular flexibility index (Phi) is 6.14. The van der Waals surface area contributed by atoms with E-state index in [1.165, 1.54) is 34.4 Å². The van der Waals surface area contributed by atoms with Crippen molar-refractivity contribution in [2.75, 3.05) is 16.8 Å². The summed E-state index contributed by atoms with van der Waals surface area (Å²) in [6.07, 6.45) is 0.210. The fourth-order valence-corrected chi connectivity index (χ4v) is 5.52. The predicted octanol–water partition coefficient (Wildman–Crippen LogP) is 4.87. The number of carbonyl (C=O) groups is 1. The minimum atomic E-state index is -0.176. The quantitative estimate of drug-likeness (QED) is 0.391. The summed E-state index contributed by atoms with van der Waals surface area (Å²) in [6, 6.07) is 15.6. The predicted molar refractivity (Wildman–Crippen MR) is 125 cm³/mol. The molecule has 7 nitrogen and oxygen atoms in total. The SMILES string of the molecule is N#Cc1c(N)nc(SCCC(=O)Nc2nc3ccccc3s2)c(C#N)c1-c1cccs1. The number of nitrogens with one attached hydrogen (secondary N) is 1. The standard InChI is InChI=1S/C21H14N6OS3/c22-10-12-18(16-6-3-8-29-16)13(11-23)20(27-19(12)24)30-9-7-17(28)26-21-25-14-4-1-2-5-15(14)31-21/h1-6,8H,7,9H2,(H2,24,27)(H,25,26,28). The van der Waals surface area contributed by atoms with Crippen LogP contribution in [-0.4, -0.2) is 21.6 Å². The van der Waals surface area contributed by atoms with Gasteiger partial charge < -0.3 is 11.1 Å². The molecule has 3 N–H and O–H groups in total. The van der Waals surface area contributed by atoms with Gasteiger partial charge in [-0.2, -0.15) is 10.5 Å². The monoisotopic (exact) mass is 462 g/mol. The smallest absolute Gasteiger partial charge is 0.226 e. The van der Waals surface area contributed by atoms with Gasteiger partial charge in [0.25, 0.3) is 0 Å². The van der Waals surface area contributed by atoms with Gasteiger partial charge in [0, 0.05) is 22.6 Å². The van der Waals surface area contributed by atoms with Crippen molar-refractivity contribution in [1.29, 1.82) is 10.5 Å². The maximum absolute atomic E-state index is 12.3. The van der Waals surface area contributed by atoms with Gasteiger partial charge >= 0.3 is 0 Å². The van der Waals surface area contributed by atoms with E-state index in [0.717, 1.165) is 15.1 Å². The number of para-hydroxylation sites is 1. The number of hydrogen-bond donors (Lipinski definition) is 2. The minimum absolute atomic E-state index is 0.0753. The fraction of sp³-hybridized carbons (Fsp3) is 0.0952. The zero-order valence-corrected chi connectivity index (χ0v) is 18.4. The lowest BCUT2D eigenvalue weighted by molar-refractivity contribution is -0.115. The van der Waals surface area contributed by atoms with Crippen LogP contribution in [0.15, 0.2) is 46.8 Å². The number of amides is 1. The van der Waals surface area contributed by atoms with E-state index in [1.807, 2.05) is 41.8 Å². The largest absolute Gasteiger partial charge is 0.383 e. The zero-order valence-electron chi connectivity index (χ0n) is 16.0. The molecule has 0 aliphatic heterocycles. The number of aromatic nitrogens is 2. The molecule has 0 spiro atoms. The molecule has 3 heterocycles. The Hall–Kier alpha value is -3.44. The molecule has 0 radical (unpaired) electrons. The molecule has 0 saturated heterocycles. The first-order chi connectivity index (χ1) is 15.1. The summed E-state index contributed by atoms with van der Waals surface area (Å²) in [7, 11) is 0. The summed E-state index contributed by atoms with van der Waals surface area (Å²) >= 11 is 4.10. The molecule has 0 saturated carbocycles. The van der Waals surface area contributed by atoms with E-state index < -0.39 is 0 Å². The molecule has 4 aromatic rings. The van der Waals surface area contributed by atoms with Crippen LogP contribution in [0.2, 0.25) is 0 Å². The summed E-state index contributed by atoms with van der Waals surface area (Å²) in [5, 5.41) is 24.9. The topological polar surface area (TPSA) is 128 Å². The maximum atomic E-state index is 12.3. The van der Waals surface area contributed by atoms with E-state index in [-0.39, 0.29) is 23.7 Å². The van der Waals surface area contributed by atoms with Crippen LogP contribution in [0.3, 0.4) is 0 Å². The van der Waals surface area contributed by atoms with E-state index in [2.05, 4.69) is 27.4 Å². The van der Waals surface area contributed by atoms with Gasteiger partial charge in [-0.3, -0.25) is 4.79 Å². The van der Waals surface area contributed by atoms with Crippen LogP contribution in [-0.2, 0) is 4.79 Å². The normalized spacial score (nSPS) is 10.5. The second-order valence-electron chi connectivity index (χ2n) is 6.26. The Balaban J connectivity index is 1.49. The van der Waals surface area contributed by atoms with Crippen molar-refractivity contribution in [3.63, 3.8) is 0 Å². The average molecular weight is 463 g/mol. The van der Waals surface area contributed by atoms with Gasteiger partial charge in [-0.05, 0) is 23.6 Å². The highest BCUT2D eigenvalue weighted by Gasteiger charge is 2.21. The second-order valence-corrected chi connectivity index (χ2v) is 9.32. The molecule has 1 amide bonds. The number of pyridine rings is 1. The van der Waals surface area contributed by atoms with E-state index in [0.29, 0.717) is 27.0 Å². The molecule has 0 fully saturated rings. The highest BCUT2D eigenvalue weighted by molar-refractivity contribution is 7.99. The van der Waals surface area contributed by atoms with Crippen LogP contribution in [0.25, 0.3) is 20.7 Å². The number of nitrogens with zero attached hydrogens (tertiary/aromatic N) is 4. The number of nitrogen functional groups attached to an aromatic ring is 1. The van der Waals surface area contributed by atoms with Gasteiger partial charge in [-0.25, -0.2) is 9.97 Å². The highest BCUT2D eigenvalue weighted by atomic mass is 32.2. The Morgan fingerprint density at radius 3 is 2.65 bits per heavy atom. The first-order valence-corrected chi connectivity index (χ1v) is 11.7. The third kappa shape index (κ3) is 4.37. The summed E-state index contributed by atoms with van der Waals surface area (Å²) in [4.78, 5) is 21.8. The van der Waals surface area contributed by atoms with Crippen LogP contribution in [0, 0.1) is 22.7 Å². The third-order valence-electron chi connectivity index (χ3n) is 4.29. The van der Waals surface area contributed by atoms with Gasteiger partial charge in [0.1, 0.15) is 28.5 Å². The van der Waals surface area contributed by atoms with Crippen molar-refractivity contribution in [2.24, 2.45) is 0 Å². The summed E-state index contributed by atoms with van der Waals surface area (Å²) in [5.41, 5.74) is 7.82. The minimum Gasteiger partial charge on any atom is -0.383 e.